The third kappa shape index (κ3) is 3.70. The summed E-state index contributed by atoms with van der Waals surface area (Å²) in [4.78, 5) is 14.2. The summed E-state index contributed by atoms with van der Waals surface area (Å²) in [5.41, 5.74) is 10.3. The fraction of sp³-hybridized carbons (Fsp3) is 0.500. The number of rotatable bonds is 5. The molecule has 0 radical (unpaired) electrons. The maximum Gasteiger partial charge on any atom is 0.233 e. The molecule has 0 aromatic carbocycles. The van der Waals surface area contributed by atoms with Gasteiger partial charge < -0.3 is 16.8 Å². The third-order valence-corrected chi connectivity index (χ3v) is 2.00. The smallest absolute Gasteiger partial charge is 0.233 e. The number of anilines is 2. The first-order chi connectivity index (χ1) is 6.18. The molecule has 7 heteroatoms. The minimum absolute atomic E-state index is 0.266. The van der Waals surface area contributed by atoms with Gasteiger partial charge in [0.05, 0.1) is 0 Å². The molecule has 13 heavy (non-hydrogen) atoms. The highest BCUT2D eigenvalue weighted by atomic mass is 32.1. The molecule has 1 rings (SSSR count). The van der Waals surface area contributed by atoms with E-state index in [2.05, 4.69) is 14.7 Å². The molecular weight excluding hydrogens is 190 g/mol. The van der Waals surface area contributed by atoms with Crippen LogP contribution < -0.4 is 16.8 Å². The number of nitrogens with one attached hydrogen (secondary N) is 1. The SMILES string of the molecule is NC(=O)CCCNc1nc(N)ns1. The van der Waals surface area contributed by atoms with Crippen LogP contribution in [0.15, 0.2) is 0 Å². The Morgan fingerprint density at radius 2 is 2.38 bits per heavy atom. The van der Waals surface area contributed by atoms with Crippen molar-refractivity contribution in [1.29, 1.82) is 0 Å². The molecule has 0 atom stereocenters. The van der Waals surface area contributed by atoms with Crippen molar-refractivity contribution in [3.63, 3.8) is 0 Å². The second-order valence-electron chi connectivity index (χ2n) is 2.45. The van der Waals surface area contributed by atoms with Crippen molar-refractivity contribution in [3.8, 4) is 0 Å². The van der Waals surface area contributed by atoms with E-state index in [-0.39, 0.29) is 11.9 Å². The molecule has 5 N–H and O–H groups in total. The number of aromatic nitrogens is 2. The molecule has 0 aliphatic rings. The van der Waals surface area contributed by atoms with Crippen molar-refractivity contribution in [2.45, 2.75) is 12.8 Å². The molecule has 72 valence electrons. The van der Waals surface area contributed by atoms with Crippen LogP contribution >= 0.6 is 11.5 Å². The minimum Gasteiger partial charge on any atom is -0.370 e. The number of nitrogens with zero attached hydrogens (tertiary/aromatic N) is 2. The van der Waals surface area contributed by atoms with Crippen molar-refractivity contribution in [1.82, 2.24) is 9.36 Å². The fourth-order valence-electron chi connectivity index (χ4n) is 0.765. The van der Waals surface area contributed by atoms with Crippen LogP contribution in [0.1, 0.15) is 12.8 Å². The highest BCUT2D eigenvalue weighted by Gasteiger charge is 1.99. The van der Waals surface area contributed by atoms with Gasteiger partial charge in [0.15, 0.2) is 0 Å². The van der Waals surface area contributed by atoms with Crippen LogP contribution in [0.4, 0.5) is 11.1 Å². The zero-order valence-corrected chi connectivity index (χ0v) is 7.80. The number of nitrogen functional groups attached to an aromatic ring is 1. The predicted octanol–water partition coefficient (Wildman–Crippen LogP) is -0.202. The Bertz CT molecular complexity index is 286. The fourth-order valence-corrected chi connectivity index (χ4v) is 1.29. The molecule has 0 aliphatic heterocycles. The standard InChI is InChI=1S/C6H11N5OS/c7-4(12)2-1-3-9-6-10-5(8)11-13-6/h1-3H2,(H2,7,12)(H3,8,9,10,11). The van der Waals surface area contributed by atoms with Crippen LogP contribution in [0.5, 0.6) is 0 Å². The highest BCUT2D eigenvalue weighted by Crippen LogP contribution is 2.11. The summed E-state index contributed by atoms with van der Waals surface area (Å²) in [5.74, 6) is -0.0269. The molecule has 0 bridgehead atoms. The summed E-state index contributed by atoms with van der Waals surface area (Å²) in [6.07, 6.45) is 1.07. The van der Waals surface area contributed by atoms with Gasteiger partial charge in [0, 0.05) is 24.5 Å². The topological polar surface area (TPSA) is 107 Å². The van der Waals surface area contributed by atoms with Crippen molar-refractivity contribution in [2.24, 2.45) is 5.73 Å². The molecular formula is C6H11N5OS. The number of amides is 1. The van der Waals surface area contributed by atoms with E-state index in [1.165, 1.54) is 11.5 Å². The van der Waals surface area contributed by atoms with Crippen LogP contribution in [-0.4, -0.2) is 21.8 Å². The first-order valence-electron chi connectivity index (χ1n) is 3.80. The molecule has 6 nitrogen and oxygen atoms in total. The second kappa shape index (κ2) is 4.61. The van der Waals surface area contributed by atoms with E-state index in [1.807, 2.05) is 0 Å². The summed E-state index contributed by atoms with van der Waals surface area (Å²) in [6, 6.07) is 0. The van der Waals surface area contributed by atoms with Crippen molar-refractivity contribution < 1.29 is 4.79 Å². The van der Waals surface area contributed by atoms with Crippen LogP contribution in [-0.2, 0) is 4.79 Å². The molecule has 0 unspecified atom stereocenters. The molecule has 0 saturated carbocycles. The van der Waals surface area contributed by atoms with Crippen LogP contribution in [0, 0.1) is 0 Å². The van der Waals surface area contributed by atoms with Gasteiger partial charge in [0.1, 0.15) is 0 Å². The molecule has 1 heterocycles. The van der Waals surface area contributed by atoms with E-state index in [1.54, 1.807) is 0 Å². The van der Waals surface area contributed by atoms with E-state index in [9.17, 15) is 4.79 Å². The van der Waals surface area contributed by atoms with Gasteiger partial charge in [-0.1, -0.05) is 0 Å². The Hall–Kier alpha value is -1.37. The van der Waals surface area contributed by atoms with Crippen molar-refractivity contribution in [3.05, 3.63) is 0 Å². The van der Waals surface area contributed by atoms with Gasteiger partial charge >= 0.3 is 0 Å². The summed E-state index contributed by atoms with van der Waals surface area (Å²) in [7, 11) is 0. The van der Waals surface area contributed by atoms with Gasteiger partial charge in [-0.3, -0.25) is 4.79 Å². The summed E-state index contributed by atoms with van der Waals surface area (Å²) in [5, 5.41) is 3.65. The zero-order valence-electron chi connectivity index (χ0n) is 6.99. The zero-order chi connectivity index (χ0) is 9.68. The van der Waals surface area contributed by atoms with Crippen molar-refractivity contribution in [2.75, 3.05) is 17.6 Å². The van der Waals surface area contributed by atoms with E-state index >= 15 is 0 Å². The molecule has 0 fully saturated rings. The average molecular weight is 201 g/mol. The first kappa shape index (κ1) is 9.72. The van der Waals surface area contributed by atoms with Gasteiger partial charge in [-0.25, -0.2) is 0 Å². The summed E-state index contributed by atoms with van der Waals surface area (Å²) < 4.78 is 3.78. The van der Waals surface area contributed by atoms with Gasteiger partial charge in [-0.05, 0) is 6.42 Å². The minimum atomic E-state index is -0.293. The largest absolute Gasteiger partial charge is 0.370 e. The Morgan fingerprint density at radius 3 is 2.92 bits per heavy atom. The second-order valence-corrected chi connectivity index (χ2v) is 3.21. The maximum absolute atomic E-state index is 10.4. The molecule has 0 aliphatic carbocycles. The number of primary amides is 1. The van der Waals surface area contributed by atoms with E-state index < -0.39 is 0 Å². The Labute approximate surface area is 79.5 Å². The average Bonchev–Trinajstić information content (AvgIpc) is 2.45. The number of carbonyl (C=O) groups is 1. The summed E-state index contributed by atoms with van der Waals surface area (Å²) >= 11 is 1.19. The highest BCUT2D eigenvalue weighted by molar-refractivity contribution is 7.09. The predicted molar refractivity (Wildman–Crippen MR) is 51.2 cm³/mol. The van der Waals surface area contributed by atoms with Crippen LogP contribution in [0.3, 0.4) is 0 Å². The number of hydrogen-bond acceptors (Lipinski definition) is 6. The molecule has 0 saturated heterocycles. The monoisotopic (exact) mass is 201 g/mol. The quantitative estimate of drug-likeness (QED) is 0.572. The van der Waals surface area contributed by atoms with Crippen LogP contribution in [0.25, 0.3) is 0 Å². The lowest BCUT2D eigenvalue weighted by molar-refractivity contribution is -0.118. The van der Waals surface area contributed by atoms with Crippen molar-refractivity contribution >= 4 is 28.5 Å². The molecule has 1 aromatic heterocycles. The van der Waals surface area contributed by atoms with Gasteiger partial charge in [0.2, 0.25) is 17.0 Å². The Kier molecular flexibility index (Phi) is 3.44. The summed E-state index contributed by atoms with van der Waals surface area (Å²) in [6.45, 7) is 0.650. The van der Waals surface area contributed by atoms with E-state index in [4.69, 9.17) is 11.5 Å². The van der Waals surface area contributed by atoms with Gasteiger partial charge in [0.25, 0.3) is 0 Å². The molecule has 1 amide bonds. The van der Waals surface area contributed by atoms with Gasteiger partial charge in [-0.15, -0.1) is 0 Å². The normalized spacial score (nSPS) is 9.85. The molecule has 0 spiro atoms. The number of nitrogens with two attached hydrogens (primary N) is 2. The number of carbonyl (C=O) groups excluding carboxylic acids is 1. The molecule has 1 aromatic rings. The maximum atomic E-state index is 10.4. The number of hydrogen-bond donors (Lipinski definition) is 3. The van der Waals surface area contributed by atoms with Crippen LogP contribution in [0.2, 0.25) is 0 Å². The van der Waals surface area contributed by atoms with E-state index in [0.29, 0.717) is 24.5 Å². The Balaban J connectivity index is 2.16. The lowest BCUT2D eigenvalue weighted by Crippen LogP contribution is -2.12. The van der Waals surface area contributed by atoms with Gasteiger partial charge in [-0.2, -0.15) is 9.36 Å². The lowest BCUT2D eigenvalue weighted by atomic mass is 10.3. The third-order valence-electron chi connectivity index (χ3n) is 1.32. The first-order valence-corrected chi connectivity index (χ1v) is 4.57. The van der Waals surface area contributed by atoms with E-state index in [0.717, 1.165) is 0 Å². The Morgan fingerprint density at radius 1 is 1.62 bits per heavy atom. The lowest BCUT2D eigenvalue weighted by Gasteiger charge is -1.98.